The second-order valence-corrected chi connectivity index (χ2v) is 4.30. The quantitative estimate of drug-likeness (QED) is 0.417. The molecule has 0 radical (unpaired) electrons. The Hall–Kier alpha value is -1.92. The lowest BCUT2D eigenvalue weighted by molar-refractivity contribution is -0.137. The van der Waals surface area contributed by atoms with Crippen molar-refractivity contribution in [3.05, 3.63) is 35.9 Å². The number of amides is 2. The van der Waals surface area contributed by atoms with E-state index in [1.165, 1.54) is 0 Å². The molecule has 0 fully saturated rings. The summed E-state index contributed by atoms with van der Waals surface area (Å²) < 4.78 is 5.53. The second kappa shape index (κ2) is 7.50. The Morgan fingerprint density at radius 3 is 2.53 bits per heavy atom. The predicted molar refractivity (Wildman–Crippen MR) is 70.4 cm³/mol. The van der Waals surface area contributed by atoms with Gasteiger partial charge >= 0.3 is 0 Å². The van der Waals surface area contributed by atoms with E-state index in [4.69, 9.17) is 16.3 Å². The number of hydrogen-bond donors (Lipinski definition) is 2. The number of carbonyl (C=O) groups is 2. The van der Waals surface area contributed by atoms with Gasteiger partial charge < -0.3 is 10.5 Å². The van der Waals surface area contributed by atoms with Crippen LogP contribution in [0.25, 0.3) is 0 Å². The Kier molecular flexibility index (Phi) is 5.98. The monoisotopic (exact) mass is 265 g/mol. The zero-order valence-corrected chi connectivity index (χ0v) is 10.9. The van der Waals surface area contributed by atoms with E-state index in [-0.39, 0.29) is 25.0 Å². The van der Waals surface area contributed by atoms with E-state index in [1.54, 1.807) is 6.92 Å². The van der Waals surface area contributed by atoms with Crippen molar-refractivity contribution in [2.75, 3.05) is 6.54 Å². The standard InChI is InChI=1S/C13H19N3O3/c1-10(7-13(18)16(15)8-12(14)17)19-9-11-5-3-2-4-6-11/h2-6,10H,7-9,15H2,1H3,(H2,14,17)/t10-/m0/s1. The number of benzene rings is 1. The van der Waals surface area contributed by atoms with Gasteiger partial charge in [0.2, 0.25) is 11.8 Å². The molecule has 0 spiro atoms. The van der Waals surface area contributed by atoms with Crippen molar-refractivity contribution in [2.45, 2.75) is 26.1 Å². The highest BCUT2D eigenvalue weighted by Crippen LogP contribution is 2.06. The summed E-state index contributed by atoms with van der Waals surface area (Å²) in [7, 11) is 0. The van der Waals surface area contributed by atoms with Crippen LogP contribution in [0.5, 0.6) is 0 Å². The lowest BCUT2D eigenvalue weighted by atomic mass is 10.2. The number of carbonyl (C=O) groups excluding carboxylic acids is 2. The topological polar surface area (TPSA) is 98.6 Å². The Labute approximate surface area is 112 Å². The molecule has 0 aliphatic heterocycles. The van der Waals surface area contributed by atoms with Crippen LogP contribution in [-0.2, 0) is 20.9 Å². The molecule has 2 amide bonds. The summed E-state index contributed by atoms with van der Waals surface area (Å²) in [5.41, 5.74) is 5.98. The van der Waals surface area contributed by atoms with Crippen LogP contribution in [0.3, 0.4) is 0 Å². The maximum Gasteiger partial charge on any atom is 0.239 e. The molecule has 4 N–H and O–H groups in total. The molecule has 1 aromatic rings. The third-order valence-corrected chi connectivity index (χ3v) is 2.49. The number of rotatable bonds is 7. The van der Waals surface area contributed by atoms with E-state index < -0.39 is 5.91 Å². The van der Waals surface area contributed by atoms with Crippen molar-refractivity contribution in [2.24, 2.45) is 11.6 Å². The molecule has 1 rings (SSSR count). The van der Waals surface area contributed by atoms with Crippen molar-refractivity contribution < 1.29 is 14.3 Å². The van der Waals surface area contributed by atoms with Crippen LogP contribution in [0.1, 0.15) is 18.9 Å². The number of nitrogens with two attached hydrogens (primary N) is 2. The fraction of sp³-hybridized carbons (Fsp3) is 0.385. The molecular formula is C13H19N3O3. The van der Waals surface area contributed by atoms with Gasteiger partial charge in [0.25, 0.3) is 0 Å². The molecule has 0 aromatic heterocycles. The van der Waals surface area contributed by atoms with Crippen molar-refractivity contribution in [1.82, 2.24) is 5.01 Å². The van der Waals surface area contributed by atoms with Crippen LogP contribution in [0.15, 0.2) is 30.3 Å². The van der Waals surface area contributed by atoms with Gasteiger partial charge in [0, 0.05) is 0 Å². The summed E-state index contributed by atoms with van der Waals surface area (Å²) in [6.07, 6.45) is -0.178. The van der Waals surface area contributed by atoms with E-state index in [1.807, 2.05) is 30.3 Å². The average Bonchev–Trinajstić information content (AvgIpc) is 2.36. The van der Waals surface area contributed by atoms with Crippen LogP contribution < -0.4 is 11.6 Å². The van der Waals surface area contributed by atoms with E-state index >= 15 is 0 Å². The largest absolute Gasteiger partial charge is 0.373 e. The Bertz CT molecular complexity index is 422. The predicted octanol–water partition coefficient (Wildman–Crippen LogP) is 0.169. The summed E-state index contributed by atoms with van der Waals surface area (Å²) in [5.74, 6) is 4.38. The SMILES string of the molecule is C[C@@H](CC(=O)N(N)CC(N)=O)OCc1ccccc1. The van der Waals surface area contributed by atoms with Crippen LogP contribution in [0.4, 0.5) is 0 Å². The molecule has 104 valence electrons. The highest BCUT2D eigenvalue weighted by molar-refractivity contribution is 5.83. The summed E-state index contributed by atoms with van der Waals surface area (Å²) in [6.45, 7) is 1.92. The normalized spacial score (nSPS) is 11.9. The molecule has 19 heavy (non-hydrogen) atoms. The number of nitrogens with zero attached hydrogens (tertiary/aromatic N) is 1. The molecule has 0 saturated heterocycles. The van der Waals surface area contributed by atoms with Crippen molar-refractivity contribution >= 4 is 11.8 Å². The van der Waals surface area contributed by atoms with Gasteiger partial charge in [-0.3, -0.25) is 14.6 Å². The molecule has 0 saturated carbocycles. The molecular weight excluding hydrogens is 246 g/mol. The zero-order valence-electron chi connectivity index (χ0n) is 10.9. The summed E-state index contributed by atoms with van der Waals surface area (Å²) >= 11 is 0. The second-order valence-electron chi connectivity index (χ2n) is 4.30. The number of hydrazine groups is 1. The van der Waals surface area contributed by atoms with Crippen LogP contribution in [0, 0.1) is 0 Å². The minimum absolute atomic E-state index is 0.108. The molecule has 6 nitrogen and oxygen atoms in total. The molecule has 1 aromatic carbocycles. The van der Waals surface area contributed by atoms with Crippen LogP contribution in [-0.4, -0.2) is 29.5 Å². The maximum absolute atomic E-state index is 11.6. The first-order chi connectivity index (χ1) is 8.99. The van der Waals surface area contributed by atoms with Gasteiger partial charge in [0.1, 0.15) is 6.54 Å². The summed E-state index contributed by atoms with van der Waals surface area (Å²) in [4.78, 5) is 22.2. The summed E-state index contributed by atoms with van der Waals surface area (Å²) in [5, 5.41) is 0.810. The van der Waals surface area contributed by atoms with Crippen LogP contribution >= 0.6 is 0 Å². The van der Waals surface area contributed by atoms with Crippen molar-refractivity contribution in [1.29, 1.82) is 0 Å². The summed E-state index contributed by atoms with van der Waals surface area (Å²) in [6, 6.07) is 9.65. The number of ether oxygens (including phenoxy) is 1. The molecule has 0 heterocycles. The highest BCUT2D eigenvalue weighted by Gasteiger charge is 2.15. The Morgan fingerprint density at radius 1 is 1.32 bits per heavy atom. The molecule has 0 bridgehead atoms. The van der Waals surface area contributed by atoms with Crippen LogP contribution in [0.2, 0.25) is 0 Å². The van der Waals surface area contributed by atoms with Gasteiger partial charge in [-0.2, -0.15) is 0 Å². The highest BCUT2D eigenvalue weighted by atomic mass is 16.5. The van der Waals surface area contributed by atoms with E-state index in [9.17, 15) is 9.59 Å². The molecule has 0 unspecified atom stereocenters. The maximum atomic E-state index is 11.6. The minimum atomic E-state index is -0.645. The Balaban J connectivity index is 2.32. The van der Waals surface area contributed by atoms with E-state index in [2.05, 4.69) is 0 Å². The lowest BCUT2D eigenvalue weighted by Crippen LogP contribution is -2.44. The minimum Gasteiger partial charge on any atom is -0.373 e. The molecule has 0 aliphatic carbocycles. The molecule has 1 atom stereocenters. The van der Waals surface area contributed by atoms with Gasteiger partial charge in [0.15, 0.2) is 0 Å². The van der Waals surface area contributed by atoms with E-state index in [0.717, 1.165) is 10.6 Å². The third-order valence-electron chi connectivity index (χ3n) is 2.49. The van der Waals surface area contributed by atoms with Gasteiger partial charge in [-0.15, -0.1) is 0 Å². The van der Waals surface area contributed by atoms with Gasteiger partial charge in [-0.1, -0.05) is 30.3 Å². The Morgan fingerprint density at radius 2 is 1.95 bits per heavy atom. The number of hydrogen-bond acceptors (Lipinski definition) is 4. The first-order valence-corrected chi connectivity index (χ1v) is 5.98. The first-order valence-electron chi connectivity index (χ1n) is 5.98. The molecule has 0 aliphatic rings. The van der Waals surface area contributed by atoms with Crippen molar-refractivity contribution in [3.63, 3.8) is 0 Å². The fourth-order valence-corrected chi connectivity index (χ4v) is 1.49. The van der Waals surface area contributed by atoms with E-state index in [0.29, 0.717) is 6.61 Å². The fourth-order valence-electron chi connectivity index (χ4n) is 1.49. The molecule has 6 heteroatoms. The number of primary amides is 1. The van der Waals surface area contributed by atoms with Crippen molar-refractivity contribution in [3.8, 4) is 0 Å². The lowest BCUT2D eigenvalue weighted by Gasteiger charge is -2.18. The third kappa shape index (κ3) is 5.98. The average molecular weight is 265 g/mol. The van der Waals surface area contributed by atoms with Gasteiger partial charge in [-0.05, 0) is 12.5 Å². The smallest absolute Gasteiger partial charge is 0.239 e. The van der Waals surface area contributed by atoms with Gasteiger partial charge in [0.05, 0.1) is 19.1 Å². The van der Waals surface area contributed by atoms with Gasteiger partial charge in [-0.25, -0.2) is 5.84 Å². The zero-order chi connectivity index (χ0) is 14.3. The first kappa shape index (κ1) is 15.1.